The van der Waals surface area contributed by atoms with Gasteiger partial charge >= 0.3 is 5.97 Å². The summed E-state index contributed by atoms with van der Waals surface area (Å²) in [7, 11) is 0. The molecule has 2 N–H and O–H groups in total. The Morgan fingerprint density at radius 1 is 1.25 bits per heavy atom. The van der Waals surface area contributed by atoms with Crippen molar-refractivity contribution in [1.29, 1.82) is 0 Å². The summed E-state index contributed by atoms with van der Waals surface area (Å²) in [5, 5.41) is 13.5. The summed E-state index contributed by atoms with van der Waals surface area (Å²) in [5.41, 5.74) is 0.741. The number of aromatic nitrogens is 2. The highest BCUT2D eigenvalue weighted by Crippen LogP contribution is 2.26. The van der Waals surface area contributed by atoms with Crippen molar-refractivity contribution >= 4 is 28.3 Å². The number of ether oxygens (including phenoxy) is 2. The minimum Gasteiger partial charge on any atom is -0.481 e. The fourth-order valence-electron chi connectivity index (χ4n) is 2.92. The lowest BCUT2D eigenvalue weighted by Gasteiger charge is -2.15. The van der Waals surface area contributed by atoms with Crippen LogP contribution in [0.3, 0.4) is 0 Å². The van der Waals surface area contributed by atoms with Gasteiger partial charge in [0.05, 0.1) is 23.8 Å². The minimum absolute atomic E-state index is 0.0947. The Morgan fingerprint density at radius 3 is 2.64 bits per heavy atom. The Morgan fingerprint density at radius 2 is 1.96 bits per heavy atom. The molecule has 2 aromatic rings. The molecule has 8 nitrogen and oxygen atoms in total. The Hall–Kier alpha value is -2.68. The summed E-state index contributed by atoms with van der Waals surface area (Å²) in [5.74, 6) is -0.674. The van der Waals surface area contributed by atoms with Crippen LogP contribution in [0.5, 0.6) is 11.8 Å². The molecule has 9 heteroatoms. The second-order valence-corrected chi connectivity index (χ2v) is 7.75. The number of carboxylic acid groups (broad SMARTS) is 1. The monoisotopic (exact) mass is 405 g/mol. The molecule has 3 rings (SSSR count). The van der Waals surface area contributed by atoms with Crippen LogP contribution in [0.2, 0.25) is 0 Å². The number of nitrogens with zero attached hydrogens (tertiary/aromatic N) is 2. The number of rotatable bonds is 8. The Kier molecular flexibility index (Phi) is 6.45. The van der Waals surface area contributed by atoms with E-state index in [1.54, 1.807) is 17.5 Å². The van der Waals surface area contributed by atoms with E-state index in [1.165, 1.54) is 11.3 Å². The van der Waals surface area contributed by atoms with Crippen molar-refractivity contribution < 1.29 is 24.2 Å². The zero-order valence-corrected chi connectivity index (χ0v) is 16.6. The largest absolute Gasteiger partial charge is 0.481 e. The van der Waals surface area contributed by atoms with Crippen molar-refractivity contribution in [3.63, 3.8) is 0 Å². The van der Waals surface area contributed by atoms with Gasteiger partial charge in [-0.2, -0.15) is 4.98 Å². The van der Waals surface area contributed by atoms with Gasteiger partial charge in [-0.05, 0) is 39.5 Å². The fraction of sp³-hybridized carbons (Fsp3) is 0.474. The molecule has 2 aromatic heterocycles. The van der Waals surface area contributed by atoms with Gasteiger partial charge in [0.15, 0.2) is 5.13 Å². The second kappa shape index (κ2) is 9.01. The highest BCUT2D eigenvalue weighted by Gasteiger charge is 2.20. The van der Waals surface area contributed by atoms with Crippen LogP contribution in [0.15, 0.2) is 17.5 Å². The molecule has 0 unspecified atom stereocenters. The van der Waals surface area contributed by atoms with Crippen LogP contribution in [0, 0.1) is 0 Å². The molecule has 1 fully saturated rings. The maximum Gasteiger partial charge on any atom is 0.309 e. The predicted molar refractivity (Wildman–Crippen MR) is 104 cm³/mol. The van der Waals surface area contributed by atoms with E-state index in [0.29, 0.717) is 28.1 Å². The van der Waals surface area contributed by atoms with Gasteiger partial charge in [0.25, 0.3) is 5.91 Å². The van der Waals surface area contributed by atoms with Gasteiger partial charge in [0, 0.05) is 17.5 Å². The number of anilines is 1. The molecule has 2 heterocycles. The molecular formula is C19H23N3O5S. The summed E-state index contributed by atoms with van der Waals surface area (Å²) in [6.45, 7) is 3.76. The van der Waals surface area contributed by atoms with Gasteiger partial charge in [0.1, 0.15) is 6.10 Å². The zero-order valence-electron chi connectivity index (χ0n) is 15.8. The summed E-state index contributed by atoms with van der Waals surface area (Å²) >= 11 is 1.18. The summed E-state index contributed by atoms with van der Waals surface area (Å²) in [6, 6.07) is 3.15. The molecule has 0 radical (unpaired) electrons. The average Bonchev–Trinajstić information content (AvgIpc) is 3.25. The van der Waals surface area contributed by atoms with Gasteiger partial charge in [-0.25, -0.2) is 4.98 Å². The van der Waals surface area contributed by atoms with E-state index in [4.69, 9.17) is 14.6 Å². The molecule has 0 atom stereocenters. The molecule has 0 spiro atoms. The lowest BCUT2D eigenvalue weighted by molar-refractivity contribution is -0.136. The van der Waals surface area contributed by atoms with E-state index in [1.807, 2.05) is 13.8 Å². The smallest absolute Gasteiger partial charge is 0.309 e. The number of aliphatic carboxylic acids is 1. The van der Waals surface area contributed by atoms with Crippen LogP contribution in [0.25, 0.3) is 0 Å². The molecule has 0 aliphatic heterocycles. The van der Waals surface area contributed by atoms with Crippen LogP contribution in [0.1, 0.15) is 55.6 Å². The molecule has 28 heavy (non-hydrogen) atoms. The normalized spacial score (nSPS) is 14.2. The first-order valence-corrected chi connectivity index (χ1v) is 10.1. The van der Waals surface area contributed by atoms with Gasteiger partial charge in [-0.1, -0.05) is 0 Å². The number of amides is 1. The van der Waals surface area contributed by atoms with E-state index in [9.17, 15) is 9.59 Å². The summed E-state index contributed by atoms with van der Waals surface area (Å²) in [4.78, 5) is 31.9. The van der Waals surface area contributed by atoms with E-state index >= 15 is 0 Å². The maximum atomic E-state index is 12.7. The van der Waals surface area contributed by atoms with Crippen LogP contribution in [-0.2, 0) is 11.2 Å². The summed E-state index contributed by atoms with van der Waals surface area (Å²) < 4.78 is 11.6. The van der Waals surface area contributed by atoms with Gasteiger partial charge in [-0.15, -0.1) is 11.3 Å². The fourth-order valence-corrected chi connectivity index (χ4v) is 3.63. The molecule has 1 aliphatic rings. The van der Waals surface area contributed by atoms with Crippen LogP contribution >= 0.6 is 11.3 Å². The predicted octanol–water partition coefficient (Wildman–Crippen LogP) is 3.53. The first-order valence-electron chi connectivity index (χ1n) is 9.22. The number of carbonyl (C=O) groups is 2. The Balaban J connectivity index is 1.76. The van der Waals surface area contributed by atoms with Crippen molar-refractivity contribution in [1.82, 2.24) is 9.97 Å². The van der Waals surface area contributed by atoms with Crippen molar-refractivity contribution in [2.45, 2.75) is 58.2 Å². The molecule has 1 aliphatic carbocycles. The van der Waals surface area contributed by atoms with Crippen molar-refractivity contribution in [3.8, 4) is 11.8 Å². The highest BCUT2D eigenvalue weighted by molar-refractivity contribution is 7.14. The van der Waals surface area contributed by atoms with Crippen molar-refractivity contribution in [2.24, 2.45) is 0 Å². The third kappa shape index (κ3) is 5.66. The Labute approximate surface area is 166 Å². The third-order valence-corrected chi connectivity index (χ3v) is 4.90. The van der Waals surface area contributed by atoms with E-state index < -0.39 is 5.97 Å². The number of carbonyl (C=O) groups excluding carboxylic acids is 1. The van der Waals surface area contributed by atoms with Crippen LogP contribution in [0.4, 0.5) is 5.13 Å². The third-order valence-electron chi connectivity index (χ3n) is 4.09. The van der Waals surface area contributed by atoms with Crippen molar-refractivity contribution in [3.05, 3.63) is 28.8 Å². The number of carboxylic acids is 1. The number of hydrogen-bond donors (Lipinski definition) is 2. The van der Waals surface area contributed by atoms with E-state index in [-0.39, 0.29) is 24.5 Å². The van der Waals surface area contributed by atoms with Crippen LogP contribution in [-0.4, -0.2) is 39.2 Å². The molecule has 0 bridgehead atoms. The molecule has 0 aromatic carbocycles. The standard InChI is InChI=1S/C19H23N3O5S/c1-11(2)26-15-7-12(8-16(21-15)27-14-5-3-4-6-14)18(25)22-19-20-13(10-28-19)9-17(23)24/h7-8,10-11,14H,3-6,9H2,1-2H3,(H,23,24)(H,20,22,25). The zero-order chi connectivity index (χ0) is 20.1. The van der Waals surface area contributed by atoms with Gasteiger partial charge in [0.2, 0.25) is 11.8 Å². The number of nitrogens with one attached hydrogen (secondary N) is 1. The number of hydrogen-bond acceptors (Lipinski definition) is 7. The lowest BCUT2D eigenvalue weighted by atomic mass is 10.2. The van der Waals surface area contributed by atoms with Gasteiger partial charge in [-0.3, -0.25) is 14.9 Å². The second-order valence-electron chi connectivity index (χ2n) is 6.89. The average molecular weight is 405 g/mol. The molecule has 150 valence electrons. The number of pyridine rings is 1. The van der Waals surface area contributed by atoms with Crippen molar-refractivity contribution in [2.75, 3.05) is 5.32 Å². The number of thiazole rings is 1. The lowest BCUT2D eigenvalue weighted by Crippen LogP contribution is -2.16. The van der Waals surface area contributed by atoms with E-state index in [2.05, 4.69) is 15.3 Å². The molecule has 0 saturated heterocycles. The van der Waals surface area contributed by atoms with E-state index in [0.717, 1.165) is 25.7 Å². The molecular weight excluding hydrogens is 382 g/mol. The van der Waals surface area contributed by atoms with Crippen LogP contribution < -0.4 is 14.8 Å². The molecule has 1 saturated carbocycles. The molecule has 1 amide bonds. The SMILES string of the molecule is CC(C)Oc1cc(C(=O)Nc2nc(CC(=O)O)cs2)cc(OC2CCCC2)n1. The first kappa shape index (κ1) is 20.1. The van der Waals surface area contributed by atoms with Gasteiger partial charge < -0.3 is 14.6 Å². The highest BCUT2D eigenvalue weighted by atomic mass is 32.1. The topological polar surface area (TPSA) is 111 Å². The quantitative estimate of drug-likeness (QED) is 0.691. The summed E-state index contributed by atoms with van der Waals surface area (Å²) in [6.07, 6.45) is 4.03. The Bertz CT molecular complexity index is 846. The maximum absolute atomic E-state index is 12.7. The minimum atomic E-state index is -0.971. The first-order chi connectivity index (χ1) is 13.4.